The molecule has 2 atom stereocenters. The van der Waals surface area contributed by atoms with Crippen molar-refractivity contribution in [2.24, 2.45) is 0 Å². The van der Waals surface area contributed by atoms with Gasteiger partial charge in [0, 0.05) is 12.3 Å². The first-order valence-corrected chi connectivity index (χ1v) is 7.13. The van der Waals surface area contributed by atoms with Crippen molar-refractivity contribution >= 4 is 11.5 Å². The van der Waals surface area contributed by atoms with E-state index in [2.05, 4.69) is 15.4 Å². The van der Waals surface area contributed by atoms with Crippen LogP contribution in [0.3, 0.4) is 0 Å². The van der Waals surface area contributed by atoms with Gasteiger partial charge in [-0.3, -0.25) is 0 Å². The summed E-state index contributed by atoms with van der Waals surface area (Å²) in [6.07, 6.45) is 1.55. The number of ether oxygens (including phenoxy) is 1. The molecule has 6 nitrogen and oxygen atoms in total. The summed E-state index contributed by atoms with van der Waals surface area (Å²) in [4.78, 5) is 4.13. The second kappa shape index (κ2) is 5.57. The molecule has 1 aliphatic heterocycles. The minimum absolute atomic E-state index is 0.151. The minimum Gasteiger partial charge on any atom is -0.389 e. The Balaban J connectivity index is 1.91. The molecule has 3 heterocycles. The second-order valence-electron chi connectivity index (χ2n) is 5.63. The SMILES string of the molecule is CC(C)c1cc(F)c2cnc(N[C@@H]3CCOC[C@H]3O)nn12. The average molecular weight is 294 g/mol. The summed E-state index contributed by atoms with van der Waals surface area (Å²) in [6.45, 7) is 4.86. The highest BCUT2D eigenvalue weighted by Gasteiger charge is 2.24. The highest BCUT2D eigenvalue weighted by atomic mass is 19.1. The van der Waals surface area contributed by atoms with Crippen LogP contribution in [0, 0.1) is 5.82 Å². The molecular weight excluding hydrogens is 275 g/mol. The van der Waals surface area contributed by atoms with Gasteiger partial charge in [0.2, 0.25) is 5.95 Å². The van der Waals surface area contributed by atoms with Crippen molar-refractivity contribution in [2.75, 3.05) is 18.5 Å². The quantitative estimate of drug-likeness (QED) is 0.898. The smallest absolute Gasteiger partial charge is 0.241 e. The van der Waals surface area contributed by atoms with Gasteiger partial charge in [-0.25, -0.2) is 13.9 Å². The molecular formula is C14H19FN4O2. The van der Waals surface area contributed by atoms with Gasteiger partial charge in [0.05, 0.1) is 24.9 Å². The number of nitrogens with zero attached hydrogens (tertiary/aromatic N) is 3. The Morgan fingerprint density at radius 3 is 3.05 bits per heavy atom. The van der Waals surface area contributed by atoms with E-state index >= 15 is 0 Å². The normalized spacial score (nSPS) is 22.9. The van der Waals surface area contributed by atoms with E-state index in [0.29, 0.717) is 31.1 Å². The van der Waals surface area contributed by atoms with E-state index in [1.165, 1.54) is 12.3 Å². The molecule has 0 aliphatic carbocycles. The first kappa shape index (κ1) is 14.2. The first-order valence-electron chi connectivity index (χ1n) is 7.13. The molecule has 0 radical (unpaired) electrons. The maximum atomic E-state index is 13.8. The van der Waals surface area contributed by atoms with E-state index in [-0.39, 0.29) is 17.8 Å². The highest BCUT2D eigenvalue weighted by molar-refractivity contribution is 5.50. The van der Waals surface area contributed by atoms with Gasteiger partial charge in [-0.05, 0) is 18.4 Å². The Morgan fingerprint density at radius 2 is 2.33 bits per heavy atom. The summed E-state index contributed by atoms with van der Waals surface area (Å²) in [5, 5.41) is 17.3. The van der Waals surface area contributed by atoms with Crippen LogP contribution in [-0.4, -0.2) is 45.1 Å². The number of aromatic nitrogens is 3. The van der Waals surface area contributed by atoms with Crippen LogP contribution < -0.4 is 5.32 Å². The van der Waals surface area contributed by atoms with Gasteiger partial charge in [0.15, 0.2) is 5.82 Å². The third-order valence-electron chi connectivity index (χ3n) is 3.73. The van der Waals surface area contributed by atoms with E-state index in [1.807, 2.05) is 13.8 Å². The van der Waals surface area contributed by atoms with Crippen molar-refractivity contribution in [3.63, 3.8) is 0 Å². The van der Waals surface area contributed by atoms with E-state index in [1.54, 1.807) is 4.52 Å². The predicted molar refractivity (Wildman–Crippen MR) is 75.9 cm³/mol. The van der Waals surface area contributed by atoms with E-state index in [9.17, 15) is 9.50 Å². The number of anilines is 1. The molecule has 2 N–H and O–H groups in total. The zero-order chi connectivity index (χ0) is 15.0. The second-order valence-corrected chi connectivity index (χ2v) is 5.63. The van der Waals surface area contributed by atoms with Gasteiger partial charge >= 0.3 is 0 Å². The largest absolute Gasteiger partial charge is 0.389 e. The van der Waals surface area contributed by atoms with E-state index in [4.69, 9.17) is 4.74 Å². The Hall–Kier alpha value is -1.73. The van der Waals surface area contributed by atoms with Gasteiger partial charge in [-0.1, -0.05) is 13.8 Å². The van der Waals surface area contributed by atoms with Crippen molar-refractivity contribution in [2.45, 2.75) is 38.3 Å². The van der Waals surface area contributed by atoms with Gasteiger partial charge in [0.1, 0.15) is 5.52 Å². The molecule has 1 fully saturated rings. The van der Waals surface area contributed by atoms with Crippen molar-refractivity contribution in [3.8, 4) is 0 Å². The zero-order valence-corrected chi connectivity index (χ0v) is 12.1. The Kier molecular flexibility index (Phi) is 3.77. The van der Waals surface area contributed by atoms with Gasteiger partial charge in [-0.15, -0.1) is 5.10 Å². The molecule has 21 heavy (non-hydrogen) atoms. The lowest BCUT2D eigenvalue weighted by atomic mass is 10.1. The molecule has 1 saturated heterocycles. The summed E-state index contributed by atoms with van der Waals surface area (Å²) < 4.78 is 20.6. The number of hydrogen-bond acceptors (Lipinski definition) is 5. The molecule has 0 spiro atoms. The summed E-state index contributed by atoms with van der Waals surface area (Å²) in [6, 6.07) is 1.33. The molecule has 3 rings (SSSR count). The van der Waals surface area contributed by atoms with Crippen LogP contribution >= 0.6 is 0 Å². The Bertz CT molecular complexity index is 643. The minimum atomic E-state index is -0.594. The van der Waals surface area contributed by atoms with Crippen molar-refractivity contribution in [3.05, 3.63) is 23.8 Å². The molecule has 0 aromatic carbocycles. The fourth-order valence-corrected chi connectivity index (χ4v) is 2.51. The van der Waals surface area contributed by atoms with Crippen LogP contribution in [0.5, 0.6) is 0 Å². The maximum absolute atomic E-state index is 13.8. The summed E-state index contributed by atoms with van der Waals surface area (Å²) in [5.41, 5.74) is 1.15. The van der Waals surface area contributed by atoms with E-state index in [0.717, 1.165) is 5.69 Å². The van der Waals surface area contributed by atoms with Crippen LogP contribution in [0.1, 0.15) is 31.9 Å². The van der Waals surface area contributed by atoms with Crippen molar-refractivity contribution in [1.29, 1.82) is 0 Å². The van der Waals surface area contributed by atoms with E-state index < -0.39 is 6.10 Å². The summed E-state index contributed by atoms with van der Waals surface area (Å²) in [5.74, 6) is 0.209. The Labute approximate surface area is 121 Å². The average Bonchev–Trinajstić information content (AvgIpc) is 2.79. The van der Waals surface area contributed by atoms with Crippen LogP contribution in [0.15, 0.2) is 12.3 Å². The van der Waals surface area contributed by atoms with Crippen LogP contribution in [0.2, 0.25) is 0 Å². The number of aliphatic hydroxyl groups excluding tert-OH is 1. The lowest BCUT2D eigenvalue weighted by molar-refractivity contribution is -0.0136. The first-order chi connectivity index (χ1) is 10.1. The number of nitrogens with one attached hydrogen (secondary N) is 1. The fraction of sp³-hybridized carbons (Fsp3) is 0.571. The molecule has 2 aromatic rings. The number of fused-ring (bicyclic) bond motifs is 1. The number of aliphatic hydroxyl groups is 1. The summed E-state index contributed by atoms with van der Waals surface area (Å²) >= 11 is 0. The molecule has 0 saturated carbocycles. The topological polar surface area (TPSA) is 71.7 Å². The highest BCUT2D eigenvalue weighted by Crippen LogP contribution is 2.21. The Morgan fingerprint density at radius 1 is 1.52 bits per heavy atom. The number of hydrogen-bond donors (Lipinski definition) is 2. The van der Waals surface area contributed by atoms with Gasteiger partial charge in [-0.2, -0.15) is 0 Å². The predicted octanol–water partition coefficient (Wildman–Crippen LogP) is 1.55. The maximum Gasteiger partial charge on any atom is 0.241 e. The third kappa shape index (κ3) is 2.71. The molecule has 1 aliphatic rings. The molecule has 2 aromatic heterocycles. The number of halogens is 1. The fourth-order valence-electron chi connectivity index (χ4n) is 2.51. The lowest BCUT2D eigenvalue weighted by Gasteiger charge is -2.28. The van der Waals surface area contributed by atoms with Crippen LogP contribution in [-0.2, 0) is 4.74 Å². The van der Waals surface area contributed by atoms with Crippen molar-refractivity contribution < 1.29 is 14.2 Å². The monoisotopic (exact) mass is 294 g/mol. The van der Waals surface area contributed by atoms with Gasteiger partial charge < -0.3 is 15.2 Å². The standard InChI is InChI=1S/C14H19FN4O2/c1-8(2)11-5-9(15)12-6-16-14(18-19(11)12)17-10-3-4-21-7-13(10)20/h5-6,8,10,13,20H,3-4,7H2,1-2H3,(H,17,18)/t10-,13-/m1/s1. The summed E-state index contributed by atoms with van der Waals surface area (Å²) in [7, 11) is 0. The van der Waals surface area contributed by atoms with Crippen LogP contribution in [0.25, 0.3) is 5.52 Å². The molecule has 7 heteroatoms. The lowest BCUT2D eigenvalue weighted by Crippen LogP contribution is -2.42. The van der Waals surface area contributed by atoms with Gasteiger partial charge in [0.25, 0.3) is 0 Å². The molecule has 0 unspecified atom stereocenters. The zero-order valence-electron chi connectivity index (χ0n) is 12.1. The number of rotatable bonds is 3. The third-order valence-corrected chi connectivity index (χ3v) is 3.73. The van der Waals surface area contributed by atoms with Crippen molar-refractivity contribution in [1.82, 2.24) is 14.6 Å². The molecule has 114 valence electrons. The molecule has 0 bridgehead atoms. The van der Waals surface area contributed by atoms with Crippen LogP contribution in [0.4, 0.5) is 10.3 Å². The molecule has 0 amide bonds.